The zero-order valence-corrected chi connectivity index (χ0v) is 11.6. The standard InChI is InChI=1S/C17H16N2O/c1-4-12(2)10-16(18-3)17(20)14-7-8-15-13(11-14)6-5-9-19-15/h4-11H,3H2,1-2H3/b12-4-,16-10-. The van der Waals surface area contributed by atoms with Gasteiger partial charge in [-0.3, -0.25) is 14.8 Å². The molecule has 0 saturated carbocycles. The molecule has 0 aliphatic heterocycles. The minimum absolute atomic E-state index is 0.132. The van der Waals surface area contributed by atoms with Crippen molar-refractivity contribution in [3.8, 4) is 0 Å². The molecule has 0 radical (unpaired) electrons. The highest BCUT2D eigenvalue weighted by molar-refractivity contribution is 6.10. The van der Waals surface area contributed by atoms with Gasteiger partial charge in [0.2, 0.25) is 5.78 Å². The van der Waals surface area contributed by atoms with Crippen molar-refractivity contribution >= 4 is 23.4 Å². The Morgan fingerprint density at radius 1 is 1.35 bits per heavy atom. The summed E-state index contributed by atoms with van der Waals surface area (Å²) in [4.78, 5) is 20.5. The lowest BCUT2D eigenvalue weighted by Crippen LogP contribution is -2.02. The highest BCUT2D eigenvalue weighted by Gasteiger charge is 2.11. The average Bonchev–Trinajstić information content (AvgIpc) is 2.51. The van der Waals surface area contributed by atoms with E-state index in [0.29, 0.717) is 11.3 Å². The van der Waals surface area contributed by atoms with Gasteiger partial charge in [-0.25, -0.2) is 0 Å². The Bertz CT molecular complexity index is 727. The number of carbonyl (C=O) groups excluding carboxylic acids is 1. The predicted molar refractivity (Wildman–Crippen MR) is 83.1 cm³/mol. The molecule has 0 atom stereocenters. The van der Waals surface area contributed by atoms with Crippen LogP contribution < -0.4 is 0 Å². The van der Waals surface area contributed by atoms with Crippen LogP contribution in [0.5, 0.6) is 0 Å². The molecule has 1 heterocycles. The minimum atomic E-state index is -0.132. The molecule has 0 saturated heterocycles. The number of hydrogen-bond donors (Lipinski definition) is 0. The number of fused-ring (bicyclic) bond motifs is 1. The Labute approximate surface area is 118 Å². The van der Waals surface area contributed by atoms with Gasteiger partial charge >= 0.3 is 0 Å². The number of hydrogen-bond acceptors (Lipinski definition) is 3. The molecule has 0 unspecified atom stereocenters. The van der Waals surface area contributed by atoms with E-state index >= 15 is 0 Å². The number of rotatable bonds is 4. The molecule has 100 valence electrons. The van der Waals surface area contributed by atoms with E-state index in [0.717, 1.165) is 16.5 Å². The Balaban J connectivity index is 2.44. The molecule has 2 aromatic rings. The van der Waals surface area contributed by atoms with Crippen LogP contribution in [0.2, 0.25) is 0 Å². The molecule has 1 aromatic carbocycles. The van der Waals surface area contributed by atoms with Gasteiger partial charge in [0.1, 0.15) is 5.70 Å². The van der Waals surface area contributed by atoms with E-state index in [9.17, 15) is 4.79 Å². The molecule has 0 amide bonds. The highest BCUT2D eigenvalue weighted by atomic mass is 16.1. The molecule has 0 fully saturated rings. The lowest BCUT2D eigenvalue weighted by molar-refractivity contribution is 0.103. The summed E-state index contributed by atoms with van der Waals surface area (Å²) in [5.74, 6) is -0.132. The smallest absolute Gasteiger partial charge is 0.211 e. The molecule has 20 heavy (non-hydrogen) atoms. The third kappa shape index (κ3) is 2.88. The molecular formula is C17H16N2O. The first-order valence-corrected chi connectivity index (χ1v) is 6.36. The number of Topliss-reactive ketones (excluding diaryl/α,β-unsaturated/α-hetero) is 1. The summed E-state index contributed by atoms with van der Waals surface area (Å²) in [6, 6.07) is 9.21. The highest BCUT2D eigenvalue weighted by Crippen LogP contribution is 2.17. The lowest BCUT2D eigenvalue weighted by Gasteiger charge is -2.03. The normalized spacial score (nSPS) is 12.5. The molecule has 0 aliphatic carbocycles. The van der Waals surface area contributed by atoms with Crippen molar-refractivity contribution in [3.63, 3.8) is 0 Å². The number of benzene rings is 1. The molecular weight excluding hydrogens is 248 g/mol. The van der Waals surface area contributed by atoms with Gasteiger partial charge in [0.05, 0.1) is 5.52 Å². The van der Waals surface area contributed by atoms with Gasteiger partial charge in [-0.15, -0.1) is 0 Å². The summed E-state index contributed by atoms with van der Waals surface area (Å²) in [6.07, 6.45) is 5.39. The van der Waals surface area contributed by atoms with Crippen LogP contribution in [0.15, 0.2) is 64.9 Å². The molecule has 3 heteroatoms. The van der Waals surface area contributed by atoms with E-state index in [-0.39, 0.29) is 5.78 Å². The van der Waals surface area contributed by atoms with Crippen LogP contribution in [0.25, 0.3) is 10.9 Å². The van der Waals surface area contributed by atoms with E-state index in [1.807, 2.05) is 44.2 Å². The van der Waals surface area contributed by atoms with Gasteiger partial charge in [0.15, 0.2) is 0 Å². The van der Waals surface area contributed by atoms with Crippen molar-refractivity contribution in [2.24, 2.45) is 4.99 Å². The van der Waals surface area contributed by atoms with Crippen LogP contribution in [0.1, 0.15) is 24.2 Å². The minimum Gasteiger partial charge on any atom is -0.287 e. The average molecular weight is 264 g/mol. The number of allylic oxidation sites excluding steroid dienone is 4. The first-order valence-electron chi connectivity index (χ1n) is 6.36. The maximum Gasteiger partial charge on any atom is 0.211 e. The number of nitrogens with zero attached hydrogens (tertiary/aromatic N) is 2. The number of aliphatic imine (C=N–C) groups is 1. The number of aromatic nitrogens is 1. The maximum atomic E-state index is 12.4. The summed E-state index contributed by atoms with van der Waals surface area (Å²) in [5, 5.41) is 0.935. The monoisotopic (exact) mass is 264 g/mol. The van der Waals surface area contributed by atoms with Crippen molar-refractivity contribution in [2.75, 3.05) is 0 Å². The SMILES string of the molecule is C=N/C(=C\C(C)=C/C)C(=O)c1ccc2ncccc2c1. The fraction of sp³-hybridized carbons (Fsp3) is 0.118. The third-order valence-corrected chi connectivity index (χ3v) is 3.09. The summed E-state index contributed by atoms with van der Waals surface area (Å²) >= 11 is 0. The van der Waals surface area contributed by atoms with Crippen molar-refractivity contribution in [2.45, 2.75) is 13.8 Å². The van der Waals surface area contributed by atoms with Crippen LogP contribution in [0, 0.1) is 0 Å². The molecule has 3 nitrogen and oxygen atoms in total. The van der Waals surface area contributed by atoms with Crippen LogP contribution in [-0.4, -0.2) is 17.5 Å². The quantitative estimate of drug-likeness (QED) is 0.363. The van der Waals surface area contributed by atoms with Crippen molar-refractivity contribution in [1.29, 1.82) is 0 Å². The van der Waals surface area contributed by atoms with Crippen LogP contribution in [0.3, 0.4) is 0 Å². The van der Waals surface area contributed by atoms with E-state index in [4.69, 9.17) is 0 Å². The fourth-order valence-electron chi connectivity index (χ4n) is 1.85. The van der Waals surface area contributed by atoms with Crippen LogP contribution in [0.4, 0.5) is 0 Å². The number of carbonyl (C=O) groups is 1. The Hall–Kier alpha value is -2.55. The summed E-state index contributed by atoms with van der Waals surface area (Å²) in [6.45, 7) is 7.31. The van der Waals surface area contributed by atoms with Gasteiger partial charge in [-0.05, 0) is 50.9 Å². The van der Waals surface area contributed by atoms with Gasteiger partial charge in [0, 0.05) is 17.1 Å². The molecule has 1 aromatic heterocycles. The van der Waals surface area contributed by atoms with Gasteiger partial charge in [-0.1, -0.05) is 17.7 Å². The molecule has 0 N–H and O–H groups in total. The van der Waals surface area contributed by atoms with E-state index in [1.165, 1.54) is 0 Å². The Kier molecular flexibility index (Phi) is 4.20. The summed E-state index contributed by atoms with van der Waals surface area (Å²) in [7, 11) is 0. The molecule has 0 bridgehead atoms. The Morgan fingerprint density at radius 3 is 2.85 bits per heavy atom. The van der Waals surface area contributed by atoms with E-state index < -0.39 is 0 Å². The number of pyridine rings is 1. The van der Waals surface area contributed by atoms with Gasteiger partial charge < -0.3 is 0 Å². The summed E-state index contributed by atoms with van der Waals surface area (Å²) < 4.78 is 0. The fourth-order valence-corrected chi connectivity index (χ4v) is 1.85. The van der Waals surface area contributed by atoms with Crippen LogP contribution >= 0.6 is 0 Å². The molecule has 0 spiro atoms. The predicted octanol–water partition coefficient (Wildman–Crippen LogP) is 3.97. The zero-order chi connectivity index (χ0) is 14.5. The Morgan fingerprint density at radius 2 is 2.15 bits per heavy atom. The zero-order valence-electron chi connectivity index (χ0n) is 11.6. The first kappa shape index (κ1) is 13.9. The molecule has 0 aliphatic rings. The summed E-state index contributed by atoms with van der Waals surface area (Å²) in [5.41, 5.74) is 2.78. The number of ketones is 1. The van der Waals surface area contributed by atoms with Crippen molar-refractivity contribution in [1.82, 2.24) is 4.98 Å². The topological polar surface area (TPSA) is 42.3 Å². The van der Waals surface area contributed by atoms with Crippen molar-refractivity contribution in [3.05, 3.63) is 65.5 Å². The third-order valence-electron chi connectivity index (χ3n) is 3.09. The maximum absolute atomic E-state index is 12.4. The van der Waals surface area contributed by atoms with E-state index in [2.05, 4.69) is 16.7 Å². The molecule has 2 rings (SSSR count). The van der Waals surface area contributed by atoms with Crippen molar-refractivity contribution < 1.29 is 4.79 Å². The van der Waals surface area contributed by atoms with Gasteiger partial charge in [0.25, 0.3) is 0 Å². The lowest BCUT2D eigenvalue weighted by atomic mass is 10.0. The second kappa shape index (κ2) is 6.06. The van der Waals surface area contributed by atoms with E-state index in [1.54, 1.807) is 18.3 Å². The van der Waals surface area contributed by atoms with Crippen LogP contribution in [-0.2, 0) is 0 Å². The largest absolute Gasteiger partial charge is 0.287 e. The second-order valence-corrected chi connectivity index (χ2v) is 4.46. The van der Waals surface area contributed by atoms with Gasteiger partial charge in [-0.2, -0.15) is 0 Å². The second-order valence-electron chi connectivity index (χ2n) is 4.46. The first-order chi connectivity index (χ1) is 9.65.